The second-order valence-electron chi connectivity index (χ2n) is 5.22. The van der Waals surface area contributed by atoms with Crippen molar-refractivity contribution in [2.45, 2.75) is 38.1 Å². The van der Waals surface area contributed by atoms with E-state index in [1.54, 1.807) is 0 Å². The third-order valence-corrected chi connectivity index (χ3v) is 3.51. The number of carbonyl (C=O) groups is 2. The molecule has 2 rings (SSSR count). The Labute approximate surface area is 122 Å². The van der Waals surface area contributed by atoms with E-state index in [9.17, 15) is 14.0 Å². The topological polar surface area (TPSA) is 81.4 Å². The SMILES string of the molecule is Nc1ccc(F)c(C(=O)OCC(=O)NC2CCCCC2)c1. The van der Waals surface area contributed by atoms with Crippen LogP contribution < -0.4 is 11.1 Å². The third-order valence-electron chi connectivity index (χ3n) is 3.51. The molecule has 21 heavy (non-hydrogen) atoms. The van der Waals surface area contributed by atoms with Gasteiger partial charge in [0.25, 0.3) is 5.91 Å². The van der Waals surface area contributed by atoms with Crippen LogP contribution in [0.3, 0.4) is 0 Å². The maximum absolute atomic E-state index is 13.5. The number of nitrogens with one attached hydrogen (secondary N) is 1. The van der Waals surface area contributed by atoms with Gasteiger partial charge in [-0.3, -0.25) is 4.79 Å². The maximum Gasteiger partial charge on any atom is 0.341 e. The standard InChI is InChI=1S/C15H19FN2O3/c16-13-7-6-10(17)8-12(13)15(20)21-9-14(19)18-11-4-2-1-3-5-11/h6-8,11H,1-5,9,17H2,(H,18,19). The maximum atomic E-state index is 13.5. The lowest BCUT2D eigenvalue weighted by atomic mass is 9.95. The fourth-order valence-electron chi connectivity index (χ4n) is 2.42. The molecule has 0 atom stereocenters. The first kappa shape index (κ1) is 15.3. The van der Waals surface area contributed by atoms with E-state index in [-0.39, 0.29) is 23.2 Å². The predicted octanol–water partition coefficient (Wildman–Crippen LogP) is 2.01. The van der Waals surface area contributed by atoms with Gasteiger partial charge < -0.3 is 15.8 Å². The minimum absolute atomic E-state index is 0.147. The Hall–Kier alpha value is -2.11. The quantitative estimate of drug-likeness (QED) is 0.657. The summed E-state index contributed by atoms with van der Waals surface area (Å²) in [6, 6.07) is 3.78. The molecule has 0 saturated heterocycles. The lowest BCUT2D eigenvalue weighted by Gasteiger charge is -2.22. The monoisotopic (exact) mass is 294 g/mol. The first-order valence-electron chi connectivity index (χ1n) is 7.08. The van der Waals surface area contributed by atoms with Gasteiger partial charge in [0.1, 0.15) is 5.82 Å². The summed E-state index contributed by atoms with van der Waals surface area (Å²) in [7, 11) is 0. The first-order valence-corrected chi connectivity index (χ1v) is 7.08. The molecule has 1 amide bonds. The highest BCUT2D eigenvalue weighted by Crippen LogP contribution is 2.17. The van der Waals surface area contributed by atoms with Gasteiger partial charge in [0, 0.05) is 11.7 Å². The van der Waals surface area contributed by atoms with Gasteiger partial charge in [0.05, 0.1) is 5.56 Å². The van der Waals surface area contributed by atoms with Crippen molar-refractivity contribution in [1.82, 2.24) is 5.32 Å². The molecule has 0 radical (unpaired) electrons. The van der Waals surface area contributed by atoms with Crippen molar-refractivity contribution in [2.75, 3.05) is 12.3 Å². The number of carbonyl (C=O) groups excluding carboxylic acids is 2. The molecule has 1 aromatic rings. The van der Waals surface area contributed by atoms with Crippen molar-refractivity contribution >= 4 is 17.6 Å². The van der Waals surface area contributed by atoms with Crippen LogP contribution in [0.4, 0.5) is 10.1 Å². The molecule has 1 aliphatic carbocycles. The fraction of sp³-hybridized carbons (Fsp3) is 0.467. The number of nitrogens with two attached hydrogens (primary N) is 1. The van der Waals surface area contributed by atoms with E-state index in [0.29, 0.717) is 0 Å². The molecular weight excluding hydrogens is 275 g/mol. The molecular formula is C15H19FN2O3. The molecule has 1 saturated carbocycles. The molecule has 3 N–H and O–H groups in total. The van der Waals surface area contributed by atoms with Gasteiger partial charge in [0.2, 0.25) is 0 Å². The Morgan fingerprint density at radius 2 is 2.00 bits per heavy atom. The number of hydrogen-bond donors (Lipinski definition) is 2. The van der Waals surface area contributed by atoms with Crippen LogP contribution in [0.2, 0.25) is 0 Å². The molecule has 1 fully saturated rings. The number of ether oxygens (including phenoxy) is 1. The van der Waals surface area contributed by atoms with Crippen molar-refractivity contribution in [3.63, 3.8) is 0 Å². The lowest BCUT2D eigenvalue weighted by molar-refractivity contribution is -0.125. The summed E-state index contributed by atoms with van der Waals surface area (Å²) in [6.07, 6.45) is 5.28. The minimum Gasteiger partial charge on any atom is -0.452 e. The summed E-state index contributed by atoms with van der Waals surface area (Å²) in [5.41, 5.74) is 5.49. The number of amides is 1. The number of hydrogen-bond acceptors (Lipinski definition) is 4. The van der Waals surface area contributed by atoms with E-state index in [4.69, 9.17) is 10.5 Å². The van der Waals surface area contributed by atoms with Crippen molar-refractivity contribution in [1.29, 1.82) is 0 Å². The van der Waals surface area contributed by atoms with Crippen molar-refractivity contribution in [3.05, 3.63) is 29.6 Å². The molecule has 5 nitrogen and oxygen atoms in total. The highest BCUT2D eigenvalue weighted by Gasteiger charge is 2.18. The van der Waals surface area contributed by atoms with E-state index >= 15 is 0 Å². The van der Waals surface area contributed by atoms with E-state index in [0.717, 1.165) is 31.7 Å². The van der Waals surface area contributed by atoms with Gasteiger partial charge in [-0.1, -0.05) is 19.3 Å². The third kappa shape index (κ3) is 4.44. The molecule has 0 aliphatic heterocycles. The lowest BCUT2D eigenvalue weighted by Crippen LogP contribution is -2.38. The molecule has 0 bridgehead atoms. The minimum atomic E-state index is -0.890. The van der Waals surface area contributed by atoms with Crippen molar-refractivity contribution in [3.8, 4) is 0 Å². The fourth-order valence-corrected chi connectivity index (χ4v) is 2.42. The highest BCUT2D eigenvalue weighted by molar-refractivity contribution is 5.92. The zero-order valence-corrected chi connectivity index (χ0v) is 11.7. The van der Waals surface area contributed by atoms with Gasteiger partial charge in [0.15, 0.2) is 6.61 Å². The first-order chi connectivity index (χ1) is 10.1. The number of esters is 1. The Morgan fingerprint density at radius 1 is 1.29 bits per heavy atom. The van der Waals surface area contributed by atoms with E-state index in [1.165, 1.54) is 18.6 Å². The van der Waals surface area contributed by atoms with Crippen LogP contribution in [0.15, 0.2) is 18.2 Å². The summed E-state index contributed by atoms with van der Waals surface area (Å²) >= 11 is 0. The summed E-state index contributed by atoms with van der Waals surface area (Å²) in [6.45, 7) is -0.413. The Kier molecular flexibility index (Phi) is 5.14. The average molecular weight is 294 g/mol. The largest absolute Gasteiger partial charge is 0.452 e. The number of nitrogen functional groups attached to an aromatic ring is 1. The number of halogens is 1. The molecule has 114 valence electrons. The number of benzene rings is 1. The van der Waals surface area contributed by atoms with Crippen molar-refractivity contribution < 1.29 is 18.7 Å². The van der Waals surface area contributed by atoms with Crippen LogP contribution in [-0.4, -0.2) is 24.5 Å². The van der Waals surface area contributed by atoms with E-state index in [1.807, 2.05) is 0 Å². The molecule has 1 aliphatic rings. The van der Waals surface area contributed by atoms with Crippen LogP contribution in [0.1, 0.15) is 42.5 Å². The normalized spacial score (nSPS) is 15.5. The van der Waals surface area contributed by atoms with Gasteiger partial charge in [-0.25, -0.2) is 9.18 Å². The van der Waals surface area contributed by atoms with Crippen LogP contribution in [0.25, 0.3) is 0 Å². The Balaban J connectivity index is 1.82. The van der Waals surface area contributed by atoms with Gasteiger partial charge >= 0.3 is 5.97 Å². The molecule has 1 aromatic carbocycles. The van der Waals surface area contributed by atoms with Crippen LogP contribution in [-0.2, 0) is 9.53 Å². The Morgan fingerprint density at radius 3 is 2.71 bits per heavy atom. The second-order valence-corrected chi connectivity index (χ2v) is 5.22. The number of rotatable bonds is 4. The highest BCUT2D eigenvalue weighted by atomic mass is 19.1. The predicted molar refractivity (Wildman–Crippen MR) is 76.1 cm³/mol. The smallest absolute Gasteiger partial charge is 0.341 e. The molecule has 0 unspecified atom stereocenters. The van der Waals surface area contributed by atoms with Gasteiger partial charge in [-0.15, -0.1) is 0 Å². The summed E-state index contributed by atoms with van der Waals surface area (Å²) < 4.78 is 18.3. The molecule has 0 heterocycles. The second kappa shape index (κ2) is 7.06. The number of anilines is 1. The zero-order chi connectivity index (χ0) is 15.2. The van der Waals surface area contributed by atoms with E-state index < -0.39 is 18.4 Å². The van der Waals surface area contributed by atoms with Gasteiger partial charge in [-0.2, -0.15) is 0 Å². The average Bonchev–Trinajstić information content (AvgIpc) is 2.48. The van der Waals surface area contributed by atoms with Crippen LogP contribution >= 0.6 is 0 Å². The molecule has 0 spiro atoms. The Bertz CT molecular complexity index is 528. The summed E-state index contributed by atoms with van der Waals surface area (Å²) in [5, 5.41) is 2.82. The molecule has 6 heteroatoms. The summed E-state index contributed by atoms with van der Waals surface area (Å²) in [4.78, 5) is 23.4. The van der Waals surface area contributed by atoms with Crippen molar-refractivity contribution in [2.24, 2.45) is 0 Å². The van der Waals surface area contributed by atoms with Crippen LogP contribution in [0, 0.1) is 5.82 Å². The van der Waals surface area contributed by atoms with E-state index in [2.05, 4.69) is 5.32 Å². The van der Waals surface area contributed by atoms with Gasteiger partial charge in [-0.05, 0) is 31.0 Å². The van der Waals surface area contributed by atoms with Crippen LogP contribution in [0.5, 0.6) is 0 Å². The molecule has 0 aromatic heterocycles. The summed E-state index contributed by atoms with van der Waals surface area (Å²) in [5.74, 6) is -1.97. The zero-order valence-electron chi connectivity index (χ0n) is 11.7.